The van der Waals surface area contributed by atoms with Crippen LogP contribution in [0.1, 0.15) is 470 Å². The van der Waals surface area contributed by atoms with Crippen LogP contribution in [-0.4, -0.2) is 17.2 Å². The van der Waals surface area contributed by atoms with Crippen molar-refractivity contribution < 1.29 is 15.0 Å². The molecule has 0 aromatic rings. The number of carbonyl (C=O) groups excluding carboxylic acids is 1. The molecule has 0 heterocycles. The molecule has 0 amide bonds. The predicted molar refractivity (Wildman–Crippen MR) is 368 cm³/mol. The number of carbonyl (C=O) groups is 1. The maximum absolute atomic E-state index is 11.9. The van der Waals surface area contributed by atoms with E-state index in [1.807, 2.05) is 0 Å². The van der Waals surface area contributed by atoms with Gasteiger partial charge in [0.1, 0.15) is 0 Å². The Hall–Kier alpha value is -0.570. The molecule has 0 aromatic carbocycles. The lowest BCUT2D eigenvalue weighted by Crippen LogP contribution is -2.38. The number of aliphatic hydroxyl groups is 1. The fourth-order valence-corrected chi connectivity index (χ4v) is 14.9. The van der Waals surface area contributed by atoms with E-state index in [9.17, 15) is 15.0 Å². The monoisotopic (exact) mass is 1160 g/mol. The SMILES string of the molecule is CCCCCCCCCCCCCCCCCCCCCCCCCC[C@@H](C(=O)[O-])[C@H](O)CCCCCCCCCCCCCC1CC1CCCCCCCCCCCCCCC1CC1CCCCCCCCCCCCCCCCCC. The standard InChI is InChI=1S/C80H156O3/c1-3-5-7-9-11-13-15-17-19-21-22-23-24-25-26-27-28-30-32-40-46-52-58-64-70-78(80(82)83)79(81)71-65-59-53-47-41-35-39-45-51-57-63-69-77-73-76(77)68-62-56-50-44-38-34-33-37-43-49-55-61-67-75-72-74(75)66-60-54-48-42-36-31-29-20-18-16-14-12-10-8-6-4-2/h74-79,81H,3-73H2,1-2H3,(H,82,83)/p-1/t74?,75?,76?,77?,78-,79-/m1/s1. The second-order valence-corrected chi connectivity index (χ2v) is 29.3. The Morgan fingerprint density at radius 1 is 0.265 bits per heavy atom. The summed E-state index contributed by atoms with van der Waals surface area (Å²) in [7, 11) is 0. The lowest BCUT2D eigenvalue weighted by atomic mass is 9.91. The zero-order valence-electron chi connectivity index (χ0n) is 57.4. The van der Waals surface area contributed by atoms with Crippen molar-refractivity contribution >= 4 is 5.97 Å². The van der Waals surface area contributed by atoms with Crippen molar-refractivity contribution in [2.24, 2.45) is 29.6 Å². The molecule has 83 heavy (non-hydrogen) atoms. The van der Waals surface area contributed by atoms with Crippen LogP contribution in [0, 0.1) is 29.6 Å². The minimum Gasteiger partial charge on any atom is -0.550 e. The van der Waals surface area contributed by atoms with E-state index in [0.717, 1.165) is 49.4 Å². The van der Waals surface area contributed by atoms with Crippen LogP contribution in [0.5, 0.6) is 0 Å². The summed E-state index contributed by atoms with van der Waals surface area (Å²) in [5.74, 6) is 2.65. The zero-order valence-corrected chi connectivity index (χ0v) is 57.4. The van der Waals surface area contributed by atoms with E-state index >= 15 is 0 Å². The van der Waals surface area contributed by atoms with Gasteiger partial charge in [0.15, 0.2) is 0 Å². The minimum atomic E-state index is -1.05. The quantitative estimate of drug-likeness (QED) is 0.0618. The molecule has 2 fully saturated rings. The number of hydrogen-bond donors (Lipinski definition) is 1. The summed E-state index contributed by atoms with van der Waals surface area (Å²) >= 11 is 0. The van der Waals surface area contributed by atoms with E-state index in [1.165, 1.54) is 398 Å². The molecule has 0 aliphatic heterocycles. The third-order valence-electron chi connectivity index (χ3n) is 21.2. The van der Waals surface area contributed by atoms with Gasteiger partial charge < -0.3 is 15.0 Å². The van der Waals surface area contributed by atoms with E-state index in [4.69, 9.17) is 0 Å². The smallest absolute Gasteiger partial charge is 0.0620 e. The highest BCUT2D eigenvalue weighted by Gasteiger charge is 2.36. The van der Waals surface area contributed by atoms with Crippen molar-refractivity contribution in [3.05, 3.63) is 0 Å². The van der Waals surface area contributed by atoms with E-state index in [1.54, 1.807) is 19.3 Å². The highest BCUT2D eigenvalue weighted by Crippen LogP contribution is 2.47. The second kappa shape index (κ2) is 63.0. The fraction of sp³-hybridized carbons (Fsp3) is 0.988. The van der Waals surface area contributed by atoms with Crippen molar-refractivity contribution in [1.82, 2.24) is 0 Å². The highest BCUT2D eigenvalue weighted by atomic mass is 16.4. The van der Waals surface area contributed by atoms with Crippen LogP contribution >= 0.6 is 0 Å². The number of rotatable bonds is 73. The van der Waals surface area contributed by atoms with Gasteiger partial charge >= 0.3 is 0 Å². The number of carboxylic acids is 1. The van der Waals surface area contributed by atoms with Gasteiger partial charge in [-0.3, -0.25) is 0 Å². The third kappa shape index (κ3) is 55.2. The van der Waals surface area contributed by atoms with Crippen LogP contribution < -0.4 is 5.11 Å². The molecular formula is C80H155O3-. The first-order chi connectivity index (χ1) is 41.1. The number of hydrogen-bond acceptors (Lipinski definition) is 3. The minimum absolute atomic E-state index is 0.573. The zero-order chi connectivity index (χ0) is 59.2. The van der Waals surface area contributed by atoms with Crippen molar-refractivity contribution in [2.45, 2.75) is 476 Å². The first-order valence-corrected chi connectivity index (χ1v) is 40.0. The van der Waals surface area contributed by atoms with Crippen molar-refractivity contribution in [3.63, 3.8) is 0 Å². The largest absolute Gasteiger partial charge is 0.550 e. The van der Waals surface area contributed by atoms with Crippen molar-refractivity contribution in [1.29, 1.82) is 0 Å². The van der Waals surface area contributed by atoms with Gasteiger partial charge in [0.2, 0.25) is 0 Å². The van der Waals surface area contributed by atoms with Crippen LogP contribution in [0.2, 0.25) is 0 Å². The Labute approximate surface area is 523 Å². The van der Waals surface area contributed by atoms with Crippen molar-refractivity contribution in [2.75, 3.05) is 0 Å². The number of carboxylic acid groups (broad SMARTS) is 1. The Balaban J connectivity index is 1.19. The first-order valence-electron chi connectivity index (χ1n) is 40.0. The molecule has 2 aliphatic rings. The summed E-state index contributed by atoms with van der Waals surface area (Å²) < 4.78 is 0. The molecule has 0 radical (unpaired) electrons. The Morgan fingerprint density at radius 2 is 0.422 bits per heavy atom. The summed E-state index contributed by atoms with van der Waals surface area (Å²) in [5.41, 5.74) is 0. The Bertz CT molecular complexity index is 1260. The summed E-state index contributed by atoms with van der Waals surface area (Å²) in [6.45, 7) is 4.61. The maximum Gasteiger partial charge on any atom is 0.0620 e. The van der Waals surface area contributed by atoms with Crippen molar-refractivity contribution in [3.8, 4) is 0 Å². The van der Waals surface area contributed by atoms with Crippen LogP contribution in [-0.2, 0) is 4.79 Å². The maximum atomic E-state index is 11.9. The molecule has 0 saturated heterocycles. The fourth-order valence-electron chi connectivity index (χ4n) is 14.9. The van der Waals surface area contributed by atoms with Gasteiger partial charge in [-0.05, 0) is 49.4 Å². The number of unbranched alkanes of at least 4 members (excludes halogenated alkanes) is 59. The number of aliphatic hydroxyl groups excluding tert-OH is 1. The molecule has 2 saturated carbocycles. The molecule has 6 atom stereocenters. The summed E-state index contributed by atoms with van der Waals surface area (Å²) in [6.07, 6.45) is 98.5. The van der Waals surface area contributed by atoms with Crippen LogP contribution in [0.3, 0.4) is 0 Å². The van der Waals surface area contributed by atoms with E-state index in [0.29, 0.717) is 12.8 Å². The normalized spacial score (nSPS) is 17.4. The van der Waals surface area contributed by atoms with E-state index in [2.05, 4.69) is 13.8 Å². The molecule has 494 valence electrons. The molecule has 0 aromatic heterocycles. The van der Waals surface area contributed by atoms with Gasteiger partial charge in [-0.1, -0.05) is 444 Å². The average Bonchev–Trinajstić information content (AvgIpc) is 4.62. The lowest BCUT2D eigenvalue weighted by Gasteiger charge is -2.24. The summed E-state index contributed by atoms with van der Waals surface area (Å²) in [6, 6.07) is 0. The molecule has 3 heteroatoms. The van der Waals surface area contributed by atoms with Gasteiger partial charge in [-0.15, -0.1) is 0 Å². The first kappa shape index (κ1) is 78.5. The molecule has 4 unspecified atom stereocenters. The molecule has 2 rings (SSSR count). The molecular weight excluding hydrogens is 1010 g/mol. The Kier molecular flexibility index (Phi) is 59.6. The topological polar surface area (TPSA) is 60.4 Å². The second-order valence-electron chi connectivity index (χ2n) is 29.3. The molecule has 3 nitrogen and oxygen atoms in total. The van der Waals surface area contributed by atoms with Gasteiger partial charge in [0.05, 0.1) is 6.10 Å². The molecule has 2 aliphatic carbocycles. The summed E-state index contributed by atoms with van der Waals surface area (Å²) in [4.78, 5) is 11.9. The van der Waals surface area contributed by atoms with Crippen LogP contribution in [0.25, 0.3) is 0 Å². The highest BCUT2D eigenvalue weighted by molar-refractivity contribution is 5.68. The molecule has 1 N–H and O–H groups in total. The van der Waals surface area contributed by atoms with Gasteiger partial charge in [0, 0.05) is 11.9 Å². The van der Waals surface area contributed by atoms with Crippen LogP contribution in [0.15, 0.2) is 0 Å². The Morgan fingerprint density at radius 3 is 0.602 bits per heavy atom. The predicted octanol–water partition coefficient (Wildman–Crippen LogP) is 26.9. The molecule has 0 bridgehead atoms. The van der Waals surface area contributed by atoms with E-state index in [-0.39, 0.29) is 0 Å². The van der Waals surface area contributed by atoms with Gasteiger partial charge in [-0.2, -0.15) is 0 Å². The third-order valence-corrected chi connectivity index (χ3v) is 21.2. The van der Waals surface area contributed by atoms with Gasteiger partial charge in [-0.25, -0.2) is 0 Å². The summed E-state index contributed by atoms with van der Waals surface area (Å²) in [5, 5.41) is 22.6. The van der Waals surface area contributed by atoms with Crippen LogP contribution in [0.4, 0.5) is 0 Å². The average molecular weight is 1170 g/mol. The lowest BCUT2D eigenvalue weighted by molar-refractivity contribution is -0.314. The molecule has 0 spiro atoms. The van der Waals surface area contributed by atoms with E-state index < -0.39 is 18.0 Å². The van der Waals surface area contributed by atoms with Gasteiger partial charge in [0.25, 0.3) is 0 Å². The number of aliphatic carboxylic acids is 1.